The third kappa shape index (κ3) is 4.24. The van der Waals surface area contributed by atoms with Crippen LogP contribution in [0.2, 0.25) is 0 Å². The van der Waals surface area contributed by atoms with Gasteiger partial charge < -0.3 is 10.4 Å². The first-order chi connectivity index (χ1) is 7.42. The minimum Gasteiger partial charge on any atom is -0.389 e. The number of rotatable bonds is 5. The van der Waals surface area contributed by atoms with E-state index in [1.807, 2.05) is 32.9 Å². The maximum Gasteiger partial charge on any atom is 0.0766 e. The lowest BCUT2D eigenvalue weighted by Gasteiger charge is -2.28. The highest BCUT2D eigenvalue weighted by molar-refractivity contribution is 9.10. The summed E-state index contributed by atoms with van der Waals surface area (Å²) in [7, 11) is 0. The minimum atomic E-state index is -0.643. The molecule has 0 saturated heterocycles. The van der Waals surface area contributed by atoms with E-state index in [0.29, 0.717) is 6.54 Å². The number of halogens is 1. The summed E-state index contributed by atoms with van der Waals surface area (Å²) in [5.41, 5.74) is 0.581. The van der Waals surface area contributed by atoms with Crippen LogP contribution in [0, 0.1) is 5.92 Å². The quantitative estimate of drug-likeness (QED) is 0.872. The molecule has 0 aliphatic rings. The smallest absolute Gasteiger partial charge is 0.0766 e. The molecule has 1 unspecified atom stereocenters. The monoisotopic (exact) mass is 285 g/mol. The van der Waals surface area contributed by atoms with E-state index in [2.05, 4.69) is 33.4 Å². The summed E-state index contributed by atoms with van der Waals surface area (Å²) in [4.78, 5) is 0. The van der Waals surface area contributed by atoms with Crippen molar-refractivity contribution in [1.29, 1.82) is 0 Å². The standard InChI is InChI=1S/C13H20BrNO/c1-10(2)13(3,16)9-15-8-11-4-6-12(14)7-5-11/h4-7,10,15-16H,8-9H2,1-3H3. The molecule has 0 aromatic heterocycles. The van der Waals surface area contributed by atoms with Crippen molar-refractivity contribution in [2.24, 2.45) is 5.92 Å². The van der Waals surface area contributed by atoms with Gasteiger partial charge in [-0.1, -0.05) is 41.9 Å². The molecule has 0 radical (unpaired) electrons. The molecule has 3 heteroatoms. The molecule has 90 valence electrons. The Labute approximate surface area is 106 Å². The predicted molar refractivity (Wildman–Crippen MR) is 71.3 cm³/mol. The molecule has 2 N–H and O–H groups in total. The number of hydrogen-bond acceptors (Lipinski definition) is 2. The van der Waals surface area contributed by atoms with Crippen LogP contribution in [-0.4, -0.2) is 17.3 Å². The fraction of sp³-hybridized carbons (Fsp3) is 0.538. The molecule has 0 saturated carbocycles. The normalized spacial score (nSPS) is 15.1. The van der Waals surface area contributed by atoms with E-state index in [9.17, 15) is 5.11 Å². The van der Waals surface area contributed by atoms with Gasteiger partial charge in [0.2, 0.25) is 0 Å². The van der Waals surface area contributed by atoms with Gasteiger partial charge in [0, 0.05) is 17.6 Å². The third-order valence-electron chi connectivity index (χ3n) is 2.97. The lowest BCUT2D eigenvalue weighted by molar-refractivity contribution is 0.0140. The summed E-state index contributed by atoms with van der Waals surface area (Å²) < 4.78 is 1.09. The second-order valence-electron chi connectivity index (χ2n) is 4.74. The van der Waals surface area contributed by atoms with Crippen LogP contribution in [0.5, 0.6) is 0 Å². The second-order valence-corrected chi connectivity index (χ2v) is 5.66. The maximum absolute atomic E-state index is 10.0. The van der Waals surface area contributed by atoms with Crippen molar-refractivity contribution in [2.75, 3.05) is 6.54 Å². The molecule has 1 aromatic rings. The molecule has 0 fully saturated rings. The lowest BCUT2D eigenvalue weighted by atomic mass is 9.92. The molecule has 1 atom stereocenters. The zero-order valence-corrected chi connectivity index (χ0v) is 11.7. The average molecular weight is 286 g/mol. The van der Waals surface area contributed by atoms with Crippen LogP contribution >= 0.6 is 15.9 Å². The van der Waals surface area contributed by atoms with Crippen molar-refractivity contribution >= 4 is 15.9 Å². The van der Waals surface area contributed by atoms with Crippen LogP contribution < -0.4 is 5.32 Å². The van der Waals surface area contributed by atoms with Crippen molar-refractivity contribution < 1.29 is 5.11 Å². The fourth-order valence-corrected chi connectivity index (χ4v) is 1.53. The first-order valence-corrected chi connectivity index (χ1v) is 6.38. The summed E-state index contributed by atoms with van der Waals surface area (Å²) in [6.07, 6.45) is 0. The number of nitrogens with one attached hydrogen (secondary N) is 1. The highest BCUT2D eigenvalue weighted by Gasteiger charge is 2.23. The van der Waals surface area contributed by atoms with Crippen molar-refractivity contribution in [3.05, 3.63) is 34.3 Å². The lowest BCUT2D eigenvalue weighted by Crippen LogP contribution is -2.41. The molecule has 0 aliphatic heterocycles. The Morgan fingerprint density at radius 2 is 1.88 bits per heavy atom. The molecular formula is C13H20BrNO. The molecule has 16 heavy (non-hydrogen) atoms. The third-order valence-corrected chi connectivity index (χ3v) is 3.50. The zero-order valence-electron chi connectivity index (χ0n) is 10.1. The largest absolute Gasteiger partial charge is 0.389 e. The summed E-state index contributed by atoms with van der Waals surface area (Å²) in [5.74, 6) is 0.255. The molecule has 0 aliphatic carbocycles. The van der Waals surface area contributed by atoms with Crippen molar-refractivity contribution in [2.45, 2.75) is 32.9 Å². The number of benzene rings is 1. The van der Waals surface area contributed by atoms with Gasteiger partial charge in [0.05, 0.1) is 5.60 Å². The molecule has 0 heterocycles. The van der Waals surface area contributed by atoms with Gasteiger partial charge in [0.1, 0.15) is 0 Å². The van der Waals surface area contributed by atoms with Gasteiger partial charge in [-0.05, 0) is 30.5 Å². The molecular weight excluding hydrogens is 266 g/mol. The molecule has 0 spiro atoms. The Bertz CT molecular complexity index is 319. The van der Waals surface area contributed by atoms with Crippen LogP contribution in [-0.2, 0) is 6.54 Å². The molecule has 0 amide bonds. The Hall–Kier alpha value is -0.380. The predicted octanol–water partition coefficient (Wildman–Crippen LogP) is 2.95. The van der Waals surface area contributed by atoms with Crippen molar-refractivity contribution in [3.63, 3.8) is 0 Å². The summed E-state index contributed by atoms with van der Waals surface area (Å²) in [6, 6.07) is 8.19. The van der Waals surface area contributed by atoms with Crippen LogP contribution in [0.4, 0.5) is 0 Å². The fourth-order valence-electron chi connectivity index (χ4n) is 1.27. The van der Waals surface area contributed by atoms with Gasteiger partial charge in [-0.2, -0.15) is 0 Å². The highest BCUT2D eigenvalue weighted by atomic mass is 79.9. The van der Waals surface area contributed by atoms with Gasteiger partial charge in [-0.3, -0.25) is 0 Å². The van der Waals surface area contributed by atoms with Gasteiger partial charge in [0.25, 0.3) is 0 Å². The van der Waals surface area contributed by atoms with E-state index in [-0.39, 0.29) is 5.92 Å². The Morgan fingerprint density at radius 3 is 2.38 bits per heavy atom. The second kappa shape index (κ2) is 5.80. The maximum atomic E-state index is 10.0. The Kier molecular flexibility index (Phi) is 4.96. The van der Waals surface area contributed by atoms with Gasteiger partial charge in [-0.15, -0.1) is 0 Å². The zero-order chi connectivity index (χ0) is 12.2. The number of aliphatic hydroxyl groups is 1. The van der Waals surface area contributed by atoms with Gasteiger partial charge >= 0.3 is 0 Å². The van der Waals surface area contributed by atoms with Gasteiger partial charge in [0.15, 0.2) is 0 Å². The van der Waals surface area contributed by atoms with E-state index >= 15 is 0 Å². The van der Waals surface area contributed by atoms with Crippen LogP contribution in [0.15, 0.2) is 28.7 Å². The molecule has 1 rings (SSSR count). The van der Waals surface area contributed by atoms with Crippen molar-refractivity contribution in [1.82, 2.24) is 5.32 Å². The Morgan fingerprint density at radius 1 is 1.31 bits per heavy atom. The van der Waals surface area contributed by atoms with E-state index in [4.69, 9.17) is 0 Å². The first kappa shape index (κ1) is 13.7. The summed E-state index contributed by atoms with van der Waals surface area (Å²) in [6.45, 7) is 7.33. The van der Waals surface area contributed by atoms with Gasteiger partial charge in [-0.25, -0.2) is 0 Å². The Balaban J connectivity index is 2.39. The first-order valence-electron chi connectivity index (χ1n) is 5.59. The molecule has 0 bridgehead atoms. The SMILES string of the molecule is CC(C)C(C)(O)CNCc1ccc(Br)cc1. The topological polar surface area (TPSA) is 32.3 Å². The van der Waals surface area contributed by atoms with Crippen LogP contribution in [0.25, 0.3) is 0 Å². The van der Waals surface area contributed by atoms with Crippen LogP contribution in [0.3, 0.4) is 0 Å². The number of hydrogen-bond donors (Lipinski definition) is 2. The minimum absolute atomic E-state index is 0.255. The highest BCUT2D eigenvalue weighted by Crippen LogP contribution is 2.15. The van der Waals surface area contributed by atoms with E-state index in [1.165, 1.54) is 5.56 Å². The molecule has 1 aromatic carbocycles. The van der Waals surface area contributed by atoms with E-state index in [0.717, 1.165) is 11.0 Å². The van der Waals surface area contributed by atoms with E-state index in [1.54, 1.807) is 0 Å². The van der Waals surface area contributed by atoms with Crippen molar-refractivity contribution in [3.8, 4) is 0 Å². The average Bonchev–Trinajstić information content (AvgIpc) is 2.20. The van der Waals surface area contributed by atoms with Crippen LogP contribution in [0.1, 0.15) is 26.3 Å². The summed E-state index contributed by atoms with van der Waals surface area (Å²) >= 11 is 3.40. The van der Waals surface area contributed by atoms with E-state index < -0.39 is 5.60 Å². The molecule has 2 nitrogen and oxygen atoms in total. The summed E-state index contributed by atoms with van der Waals surface area (Å²) in [5, 5.41) is 13.3.